The highest BCUT2D eigenvalue weighted by Gasteiger charge is 2.27. The van der Waals surface area contributed by atoms with E-state index in [-0.39, 0.29) is 13.2 Å². The molecule has 0 spiro atoms. The second-order valence-corrected chi connectivity index (χ2v) is 10.0. The van der Waals surface area contributed by atoms with E-state index in [1.54, 1.807) is 0 Å². The Morgan fingerprint density at radius 1 is 1.26 bits per heavy atom. The van der Waals surface area contributed by atoms with Crippen LogP contribution in [0.2, 0.25) is 18.6 Å². The van der Waals surface area contributed by atoms with Crippen LogP contribution in [0.15, 0.2) is 0 Å². The van der Waals surface area contributed by atoms with Gasteiger partial charge in [0.1, 0.15) is 6.10 Å². The van der Waals surface area contributed by atoms with Crippen LogP contribution in [-0.4, -0.2) is 51.6 Å². The smallest absolute Gasteiger partial charge is 0.189 e. The van der Waals surface area contributed by atoms with Gasteiger partial charge < -0.3 is 19.4 Å². The molecular weight excluding hydrogens is 260 g/mol. The Labute approximate surface area is 119 Å². The van der Waals surface area contributed by atoms with E-state index in [0.29, 0.717) is 6.61 Å². The molecule has 0 saturated heterocycles. The molecule has 19 heavy (non-hydrogen) atoms. The molecule has 0 saturated carbocycles. The molecule has 0 radical (unpaired) electrons. The SMILES string of the molecule is CCC(C)CC[Si](C)(CCCOCC(O)CO)OC. The molecule has 0 bridgehead atoms. The van der Waals surface area contributed by atoms with Crippen LogP contribution in [0.1, 0.15) is 33.1 Å². The van der Waals surface area contributed by atoms with Crippen molar-refractivity contribution in [2.24, 2.45) is 5.92 Å². The molecule has 0 aliphatic heterocycles. The summed E-state index contributed by atoms with van der Waals surface area (Å²) in [6, 6.07) is 2.30. The van der Waals surface area contributed by atoms with Gasteiger partial charge in [-0.3, -0.25) is 0 Å². The summed E-state index contributed by atoms with van der Waals surface area (Å²) in [6.07, 6.45) is 2.69. The molecule has 0 aromatic rings. The van der Waals surface area contributed by atoms with Crippen LogP contribution in [0, 0.1) is 5.92 Å². The number of aliphatic hydroxyl groups excluding tert-OH is 2. The van der Waals surface area contributed by atoms with Gasteiger partial charge in [0.15, 0.2) is 8.32 Å². The maximum atomic E-state index is 9.14. The van der Waals surface area contributed by atoms with Gasteiger partial charge in [-0.15, -0.1) is 0 Å². The summed E-state index contributed by atoms with van der Waals surface area (Å²) in [5, 5.41) is 17.8. The predicted octanol–water partition coefficient (Wildman–Crippen LogP) is 2.40. The summed E-state index contributed by atoms with van der Waals surface area (Å²) < 4.78 is 11.1. The van der Waals surface area contributed by atoms with E-state index < -0.39 is 14.4 Å². The molecule has 0 heterocycles. The molecule has 3 unspecified atom stereocenters. The van der Waals surface area contributed by atoms with Crippen molar-refractivity contribution < 1.29 is 19.4 Å². The van der Waals surface area contributed by atoms with E-state index in [0.717, 1.165) is 18.4 Å². The molecule has 2 N–H and O–H groups in total. The Morgan fingerprint density at radius 2 is 1.95 bits per heavy atom. The van der Waals surface area contributed by atoms with Crippen molar-refractivity contribution in [1.29, 1.82) is 0 Å². The number of rotatable bonds is 12. The van der Waals surface area contributed by atoms with E-state index in [2.05, 4.69) is 20.4 Å². The predicted molar refractivity (Wildman–Crippen MR) is 80.8 cm³/mol. The van der Waals surface area contributed by atoms with Crippen LogP contribution >= 0.6 is 0 Å². The third-order valence-electron chi connectivity index (χ3n) is 3.87. The second kappa shape index (κ2) is 10.8. The maximum Gasteiger partial charge on any atom is 0.189 e. The first-order valence-electron chi connectivity index (χ1n) is 7.39. The number of ether oxygens (including phenoxy) is 1. The minimum atomic E-state index is -1.58. The van der Waals surface area contributed by atoms with Gasteiger partial charge in [-0.1, -0.05) is 26.7 Å². The Balaban J connectivity index is 3.78. The van der Waals surface area contributed by atoms with Crippen LogP contribution in [0.5, 0.6) is 0 Å². The van der Waals surface area contributed by atoms with E-state index in [9.17, 15) is 0 Å². The van der Waals surface area contributed by atoms with E-state index in [1.807, 2.05) is 7.11 Å². The first-order valence-corrected chi connectivity index (χ1v) is 10.2. The molecule has 0 fully saturated rings. The zero-order valence-electron chi connectivity index (χ0n) is 13.0. The highest BCUT2D eigenvalue weighted by Crippen LogP contribution is 2.24. The van der Waals surface area contributed by atoms with Crippen molar-refractivity contribution in [3.8, 4) is 0 Å². The lowest BCUT2D eigenvalue weighted by atomic mass is 10.1. The Kier molecular flexibility index (Phi) is 10.8. The first-order chi connectivity index (χ1) is 8.97. The zero-order chi connectivity index (χ0) is 14.7. The van der Waals surface area contributed by atoms with Crippen molar-refractivity contribution in [1.82, 2.24) is 0 Å². The normalized spacial score (nSPS) is 18.0. The quantitative estimate of drug-likeness (QED) is 0.428. The van der Waals surface area contributed by atoms with Crippen molar-refractivity contribution in [2.45, 2.75) is 57.8 Å². The van der Waals surface area contributed by atoms with Gasteiger partial charge >= 0.3 is 0 Å². The Bertz CT molecular complexity index is 216. The van der Waals surface area contributed by atoms with E-state index in [4.69, 9.17) is 19.4 Å². The van der Waals surface area contributed by atoms with Crippen LogP contribution in [-0.2, 0) is 9.16 Å². The van der Waals surface area contributed by atoms with Gasteiger partial charge in [0.2, 0.25) is 0 Å². The van der Waals surface area contributed by atoms with Crippen molar-refractivity contribution in [3.63, 3.8) is 0 Å². The number of hydrogen-bond donors (Lipinski definition) is 2. The number of hydrogen-bond acceptors (Lipinski definition) is 4. The highest BCUT2D eigenvalue weighted by molar-refractivity contribution is 6.72. The van der Waals surface area contributed by atoms with Gasteiger partial charge in [-0.05, 0) is 31.0 Å². The summed E-state index contributed by atoms with van der Waals surface area (Å²) in [7, 11) is 0.253. The molecule has 0 aliphatic carbocycles. The molecule has 0 aromatic heterocycles. The van der Waals surface area contributed by atoms with Crippen molar-refractivity contribution in [2.75, 3.05) is 26.9 Å². The average Bonchev–Trinajstić information content (AvgIpc) is 2.43. The summed E-state index contributed by atoms with van der Waals surface area (Å²) in [6.45, 7) is 7.43. The third kappa shape index (κ3) is 9.57. The molecular formula is C14H32O4Si. The lowest BCUT2D eigenvalue weighted by Crippen LogP contribution is -2.33. The lowest BCUT2D eigenvalue weighted by molar-refractivity contribution is 0.00634. The van der Waals surface area contributed by atoms with Crippen LogP contribution < -0.4 is 0 Å². The Morgan fingerprint density at radius 3 is 2.47 bits per heavy atom. The van der Waals surface area contributed by atoms with Gasteiger partial charge in [-0.2, -0.15) is 0 Å². The lowest BCUT2D eigenvalue weighted by Gasteiger charge is -2.26. The molecule has 0 rings (SSSR count). The monoisotopic (exact) mass is 292 g/mol. The fraction of sp³-hybridized carbons (Fsp3) is 1.00. The van der Waals surface area contributed by atoms with Gasteiger partial charge in [0.25, 0.3) is 0 Å². The second-order valence-electron chi connectivity index (χ2n) is 5.72. The molecule has 5 heteroatoms. The molecule has 0 aliphatic rings. The molecule has 116 valence electrons. The standard InChI is InChI=1S/C14H32O4Si/c1-5-13(2)7-10-19(4,17-3)9-6-8-18-12-14(16)11-15/h13-16H,5-12H2,1-4H3. The minimum absolute atomic E-state index is 0.217. The van der Waals surface area contributed by atoms with E-state index >= 15 is 0 Å². The van der Waals surface area contributed by atoms with Crippen LogP contribution in [0.4, 0.5) is 0 Å². The zero-order valence-corrected chi connectivity index (χ0v) is 14.0. The topological polar surface area (TPSA) is 58.9 Å². The van der Waals surface area contributed by atoms with Crippen molar-refractivity contribution >= 4 is 8.32 Å². The fourth-order valence-corrected chi connectivity index (χ4v) is 4.56. The average molecular weight is 292 g/mol. The summed E-state index contributed by atoms with van der Waals surface area (Å²) in [5.74, 6) is 0.776. The van der Waals surface area contributed by atoms with Gasteiger partial charge in [-0.25, -0.2) is 0 Å². The highest BCUT2D eigenvalue weighted by atomic mass is 28.4. The number of aliphatic hydroxyl groups is 2. The summed E-state index contributed by atoms with van der Waals surface area (Å²) in [4.78, 5) is 0. The molecule has 0 amide bonds. The van der Waals surface area contributed by atoms with Crippen molar-refractivity contribution in [3.05, 3.63) is 0 Å². The van der Waals surface area contributed by atoms with Crippen LogP contribution in [0.3, 0.4) is 0 Å². The minimum Gasteiger partial charge on any atom is -0.420 e. The van der Waals surface area contributed by atoms with E-state index in [1.165, 1.54) is 18.9 Å². The van der Waals surface area contributed by atoms with Gasteiger partial charge in [0, 0.05) is 13.7 Å². The maximum absolute atomic E-state index is 9.14. The molecule has 4 nitrogen and oxygen atoms in total. The molecule has 3 atom stereocenters. The largest absolute Gasteiger partial charge is 0.420 e. The summed E-state index contributed by atoms with van der Waals surface area (Å²) in [5.41, 5.74) is 0. The Hall–Kier alpha value is 0.0569. The van der Waals surface area contributed by atoms with Crippen LogP contribution in [0.25, 0.3) is 0 Å². The third-order valence-corrected chi connectivity index (χ3v) is 7.61. The molecule has 0 aromatic carbocycles. The summed E-state index contributed by atoms with van der Waals surface area (Å²) >= 11 is 0. The first kappa shape index (κ1) is 19.1. The van der Waals surface area contributed by atoms with Gasteiger partial charge in [0.05, 0.1) is 13.2 Å². The fourth-order valence-electron chi connectivity index (χ4n) is 1.91.